The number of urea groups is 1. The fourth-order valence-electron chi connectivity index (χ4n) is 3.50. The van der Waals surface area contributed by atoms with E-state index in [1.54, 1.807) is 24.5 Å². The van der Waals surface area contributed by atoms with Crippen LogP contribution in [-0.4, -0.2) is 26.9 Å². The lowest BCUT2D eigenvalue weighted by atomic mass is 10.00. The van der Waals surface area contributed by atoms with Gasteiger partial charge in [0.05, 0.1) is 21.8 Å². The van der Waals surface area contributed by atoms with Crippen molar-refractivity contribution in [3.63, 3.8) is 0 Å². The van der Waals surface area contributed by atoms with Crippen LogP contribution in [0.1, 0.15) is 30.1 Å². The number of anilines is 1. The Kier molecular flexibility index (Phi) is 3.62. The molecule has 3 heterocycles. The van der Waals surface area contributed by atoms with Gasteiger partial charge in [0.25, 0.3) is 0 Å². The van der Waals surface area contributed by atoms with E-state index in [0.29, 0.717) is 15.7 Å². The summed E-state index contributed by atoms with van der Waals surface area (Å²) in [6, 6.07) is 5.17. The molecule has 2 atom stereocenters. The number of hydrogen-bond acceptors (Lipinski definition) is 3. The fourth-order valence-corrected chi connectivity index (χ4v) is 3.80. The van der Waals surface area contributed by atoms with Crippen molar-refractivity contribution < 1.29 is 4.79 Å². The second-order valence-electron chi connectivity index (χ2n) is 5.85. The van der Waals surface area contributed by atoms with Crippen LogP contribution in [0.3, 0.4) is 0 Å². The van der Waals surface area contributed by atoms with E-state index < -0.39 is 0 Å². The van der Waals surface area contributed by atoms with E-state index in [2.05, 4.69) is 15.3 Å². The average Bonchev–Trinajstić information content (AvgIpc) is 2.86. The Hall–Kier alpha value is -1.85. The van der Waals surface area contributed by atoms with Crippen LogP contribution in [0.15, 0.2) is 30.7 Å². The molecule has 0 unspecified atom stereocenters. The largest absolute Gasteiger partial charge is 0.322 e. The van der Waals surface area contributed by atoms with Gasteiger partial charge >= 0.3 is 6.03 Å². The highest BCUT2D eigenvalue weighted by Gasteiger charge is 2.43. The summed E-state index contributed by atoms with van der Waals surface area (Å²) in [5, 5.41) is 3.80. The van der Waals surface area contributed by atoms with E-state index in [-0.39, 0.29) is 18.1 Å². The Bertz CT molecular complexity index is 782. The normalized spacial score (nSPS) is 21.9. The van der Waals surface area contributed by atoms with Gasteiger partial charge in [0.1, 0.15) is 6.33 Å². The van der Waals surface area contributed by atoms with Crippen LogP contribution in [-0.2, 0) is 6.42 Å². The Labute approximate surface area is 143 Å². The Morgan fingerprint density at radius 3 is 2.96 bits per heavy atom. The minimum Gasteiger partial charge on any atom is -0.313 e. The summed E-state index contributed by atoms with van der Waals surface area (Å²) in [6.07, 6.45) is 6.13. The first-order chi connectivity index (χ1) is 11.1. The van der Waals surface area contributed by atoms with Crippen LogP contribution < -0.4 is 5.32 Å². The Morgan fingerprint density at radius 1 is 1.26 bits per heavy atom. The third kappa shape index (κ3) is 2.54. The van der Waals surface area contributed by atoms with Gasteiger partial charge in [0.15, 0.2) is 0 Å². The zero-order chi connectivity index (χ0) is 16.0. The number of halogens is 2. The average molecular weight is 349 g/mol. The van der Waals surface area contributed by atoms with Crippen LogP contribution in [0.25, 0.3) is 0 Å². The summed E-state index contributed by atoms with van der Waals surface area (Å²) in [5.74, 6) is 0. The quantitative estimate of drug-likeness (QED) is 0.844. The molecule has 1 saturated heterocycles. The van der Waals surface area contributed by atoms with Crippen LogP contribution in [0.5, 0.6) is 0 Å². The molecule has 7 heteroatoms. The van der Waals surface area contributed by atoms with Gasteiger partial charge in [0, 0.05) is 17.9 Å². The maximum absolute atomic E-state index is 12.7. The van der Waals surface area contributed by atoms with Gasteiger partial charge in [-0.05, 0) is 43.0 Å². The SMILES string of the molecule is O=C(Nc1ccc(Cl)c(Cl)c1)N1[C@@H]2CC[C@H]1c1ncncc1C2. The molecule has 0 spiro atoms. The van der Waals surface area contributed by atoms with Crippen molar-refractivity contribution in [2.24, 2.45) is 0 Å². The highest BCUT2D eigenvalue weighted by molar-refractivity contribution is 6.42. The van der Waals surface area contributed by atoms with Gasteiger partial charge in [0.2, 0.25) is 0 Å². The molecule has 2 amide bonds. The van der Waals surface area contributed by atoms with Crippen molar-refractivity contribution in [1.29, 1.82) is 0 Å². The van der Waals surface area contributed by atoms with Crippen LogP contribution in [0, 0.1) is 0 Å². The lowest BCUT2D eigenvalue weighted by Crippen LogP contribution is -2.44. The topological polar surface area (TPSA) is 58.1 Å². The predicted octanol–water partition coefficient (Wildman–Crippen LogP) is 4.08. The molecule has 1 N–H and O–H groups in total. The second-order valence-corrected chi connectivity index (χ2v) is 6.67. The number of nitrogens with one attached hydrogen (secondary N) is 1. The molecule has 118 valence electrons. The summed E-state index contributed by atoms with van der Waals surface area (Å²) >= 11 is 11.9. The first-order valence-electron chi connectivity index (χ1n) is 7.46. The van der Waals surface area contributed by atoms with E-state index in [1.165, 1.54) is 0 Å². The Balaban J connectivity index is 1.59. The number of benzene rings is 1. The fraction of sp³-hybridized carbons (Fsp3) is 0.312. The molecule has 2 aliphatic heterocycles. The van der Waals surface area contributed by atoms with Gasteiger partial charge in [-0.1, -0.05) is 23.2 Å². The zero-order valence-corrected chi connectivity index (χ0v) is 13.7. The number of carbonyl (C=O) groups excluding carboxylic acids is 1. The summed E-state index contributed by atoms with van der Waals surface area (Å²) < 4.78 is 0. The Morgan fingerprint density at radius 2 is 2.13 bits per heavy atom. The van der Waals surface area contributed by atoms with Crippen molar-refractivity contribution in [1.82, 2.24) is 14.9 Å². The summed E-state index contributed by atoms with van der Waals surface area (Å²) in [5.41, 5.74) is 2.76. The van der Waals surface area contributed by atoms with Crippen molar-refractivity contribution in [2.45, 2.75) is 31.3 Å². The number of rotatable bonds is 1. The summed E-state index contributed by atoms with van der Waals surface area (Å²) in [6.45, 7) is 0. The number of amides is 2. The summed E-state index contributed by atoms with van der Waals surface area (Å²) in [4.78, 5) is 23.1. The molecule has 4 rings (SSSR count). The number of carbonyl (C=O) groups is 1. The lowest BCUT2D eigenvalue weighted by molar-refractivity contribution is 0.177. The van der Waals surface area contributed by atoms with Crippen molar-refractivity contribution >= 4 is 34.9 Å². The maximum Gasteiger partial charge on any atom is 0.322 e. The van der Waals surface area contributed by atoms with Crippen LogP contribution >= 0.6 is 23.2 Å². The molecule has 23 heavy (non-hydrogen) atoms. The maximum atomic E-state index is 12.7. The standard InChI is InChI=1S/C16H14Cl2N4O/c17-12-3-1-10(6-13(12)18)21-16(23)22-11-2-4-14(22)15-9(5-11)7-19-8-20-15/h1,3,6-8,11,14H,2,4-5H2,(H,21,23)/t11-,14+/m1/s1. The third-order valence-electron chi connectivity index (χ3n) is 4.50. The van der Waals surface area contributed by atoms with Gasteiger partial charge < -0.3 is 10.2 Å². The molecular formula is C16H14Cl2N4O. The predicted molar refractivity (Wildman–Crippen MR) is 88.8 cm³/mol. The molecule has 0 saturated carbocycles. The molecule has 5 nitrogen and oxygen atoms in total. The molecule has 0 radical (unpaired) electrons. The molecular weight excluding hydrogens is 335 g/mol. The monoisotopic (exact) mass is 348 g/mol. The van der Waals surface area contributed by atoms with E-state index in [1.807, 2.05) is 11.1 Å². The van der Waals surface area contributed by atoms with Crippen molar-refractivity contribution in [2.75, 3.05) is 5.32 Å². The highest BCUT2D eigenvalue weighted by Crippen LogP contribution is 2.42. The highest BCUT2D eigenvalue weighted by atomic mass is 35.5. The van der Waals surface area contributed by atoms with E-state index in [4.69, 9.17) is 23.2 Å². The number of nitrogens with zero attached hydrogens (tertiary/aromatic N) is 3. The van der Waals surface area contributed by atoms with Gasteiger partial charge in [-0.15, -0.1) is 0 Å². The van der Waals surface area contributed by atoms with E-state index in [9.17, 15) is 4.79 Å². The lowest BCUT2D eigenvalue weighted by Gasteiger charge is -2.35. The molecule has 0 aliphatic carbocycles. The number of hydrogen-bond donors (Lipinski definition) is 1. The van der Waals surface area contributed by atoms with Gasteiger partial charge in [-0.3, -0.25) is 0 Å². The molecule has 1 fully saturated rings. The first kappa shape index (κ1) is 14.7. The van der Waals surface area contributed by atoms with E-state index >= 15 is 0 Å². The van der Waals surface area contributed by atoms with E-state index in [0.717, 1.165) is 30.5 Å². The zero-order valence-electron chi connectivity index (χ0n) is 12.2. The number of aromatic nitrogens is 2. The van der Waals surface area contributed by atoms with Crippen LogP contribution in [0.4, 0.5) is 10.5 Å². The molecule has 1 aromatic carbocycles. The van der Waals surface area contributed by atoms with Crippen LogP contribution in [0.2, 0.25) is 10.0 Å². The molecule has 2 bridgehead atoms. The smallest absolute Gasteiger partial charge is 0.313 e. The van der Waals surface area contributed by atoms with Crippen molar-refractivity contribution in [3.05, 3.63) is 52.0 Å². The van der Waals surface area contributed by atoms with Gasteiger partial charge in [-0.2, -0.15) is 0 Å². The van der Waals surface area contributed by atoms with Gasteiger partial charge in [-0.25, -0.2) is 14.8 Å². The number of fused-ring (bicyclic) bond motifs is 4. The van der Waals surface area contributed by atoms with Crippen molar-refractivity contribution in [3.8, 4) is 0 Å². The first-order valence-corrected chi connectivity index (χ1v) is 8.22. The summed E-state index contributed by atoms with van der Waals surface area (Å²) in [7, 11) is 0. The molecule has 1 aromatic heterocycles. The molecule has 2 aromatic rings. The second kappa shape index (κ2) is 5.65. The minimum atomic E-state index is -0.125. The molecule has 2 aliphatic rings. The third-order valence-corrected chi connectivity index (χ3v) is 5.24. The minimum absolute atomic E-state index is 0.0227.